The molecule has 0 bridgehead atoms. The molecule has 0 saturated carbocycles. The van der Waals surface area contributed by atoms with Crippen LogP contribution in [0.1, 0.15) is 6.92 Å². The third-order valence-corrected chi connectivity index (χ3v) is 0.683. The summed E-state index contributed by atoms with van der Waals surface area (Å²) >= 11 is 1.49. The minimum atomic E-state index is 1.02. The summed E-state index contributed by atoms with van der Waals surface area (Å²) in [6.07, 6.45) is 0. The summed E-state index contributed by atoms with van der Waals surface area (Å²) in [7, 11) is 0. The van der Waals surface area contributed by atoms with Gasteiger partial charge in [-0.2, -0.15) is 0 Å². The summed E-state index contributed by atoms with van der Waals surface area (Å²) < 4.78 is 0. The Labute approximate surface area is 36.2 Å². The fraction of sp³-hybridized carbons (Fsp3) is 1.00. The van der Waals surface area contributed by atoms with E-state index in [0.717, 1.165) is 5.75 Å². The molecule has 5 heavy (non-hydrogen) atoms. The molecule has 0 unspecified atom stereocenters. The SMILES string of the molecule is CCSNN. The first-order valence-corrected chi connectivity index (χ1v) is 2.47. The lowest BCUT2D eigenvalue weighted by atomic mass is 11.0. The Kier molecular flexibility index (Phi) is 4.50. The lowest BCUT2D eigenvalue weighted by molar-refractivity contribution is 1.12. The highest BCUT2D eigenvalue weighted by atomic mass is 32.2. The molecule has 0 aromatic carbocycles. The number of nitrogens with one attached hydrogen (secondary N) is 1. The van der Waals surface area contributed by atoms with Crippen LogP contribution in [0.15, 0.2) is 0 Å². The van der Waals surface area contributed by atoms with Crippen LogP contribution in [0.3, 0.4) is 0 Å². The number of nitrogens with two attached hydrogens (primary N) is 1. The Bertz CT molecular complexity index is 15.1. The van der Waals surface area contributed by atoms with Crippen LogP contribution in [0, 0.1) is 0 Å². The van der Waals surface area contributed by atoms with Crippen molar-refractivity contribution in [1.29, 1.82) is 0 Å². The van der Waals surface area contributed by atoms with Gasteiger partial charge < -0.3 is 0 Å². The first-order valence-electron chi connectivity index (χ1n) is 1.49. The van der Waals surface area contributed by atoms with E-state index in [1.165, 1.54) is 11.9 Å². The van der Waals surface area contributed by atoms with Crippen molar-refractivity contribution >= 4 is 11.9 Å². The van der Waals surface area contributed by atoms with E-state index >= 15 is 0 Å². The van der Waals surface area contributed by atoms with Crippen LogP contribution < -0.4 is 10.7 Å². The van der Waals surface area contributed by atoms with Crippen molar-refractivity contribution in [3.8, 4) is 0 Å². The van der Waals surface area contributed by atoms with E-state index in [4.69, 9.17) is 5.84 Å². The first kappa shape index (κ1) is 5.27. The summed E-state index contributed by atoms with van der Waals surface area (Å²) in [6.45, 7) is 2.03. The molecule has 0 aliphatic heterocycles. The van der Waals surface area contributed by atoms with Gasteiger partial charge >= 0.3 is 0 Å². The lowest BCUT2D eigenvalue weighted by Crippen LogP contribution is -2.11. The second-order valence-corrected chi connectivity index (χ2v) is 1.65. The van der Waals surface area contributed by atoms with Crippen molar-refractivity contribution in [3.63, 3.8) is 0 Å². The largest absolute Gasteiger partial charge is 0.262 e. The minimum Gasteiger partial charge on any atom is -0.262 e. The number of rotatable bonds is 2. The van der Waals surface area contributed by atoms with E-state index in [-0.39, 0.29) is 0 Å². The molecule has 0 heterocycles. The maximum absolute atomic E-state index is 4.85. The molecule has 3 heteroatoms. The molecule has 2 nitrogen and oxygen atoms in total. The van der Waals surface area contributed by atoms with Gasteiger partial charge in [-0.25, -0.2) is 4.83 Å². The topological polar surface area (TPSA) is 38.0 Å². The van der Waals surface area contributed by atoms with Crippen LogP contribution in [-0.2, 0) is 0 Å². The Morgan fingerprint density at radius 3 is 2.60 bits per heavy atom. The molecule has 0 fully saturated rings. The molecule has 3 N–H and O–H groups in total. The van der Waals surface area contributed by atoms with Gasteiger partial charge in [-0.15, -0.1) is 0 Å². The Hall–Kier alpha value is 0.270. The van der Waals surface area contributed by atoms with E-state index in [2.05, 4.69) is 4.83 Å². The minimum absolute atomic E-state index is 1.02. The monoisotopic (exact) mass is 92.0 g/mol. The van der Waals surface area contributed by atoms with Gasteiger partial charge in [-0.05, 0) is 0 Å². The first-order chi connectivity index (χ1) is 2.41. The van der Waals surface area contributed by atoms with Gasteiger partial charge in [0.15, 0.2) is 0 Å². The van der Waals surface area contributed by atoms with Gasteiger partial charge in [-0.3, -0.25) is 5.84 Å². The highest BCUT2D eigenvalue weighted by molar-refractivity contribution is 7.97. The van der Waals surface area contributed by atoms with E-state index in [0.29, 0.717) is 0 Å². The van der Waals surface area contributed by atoms with Crippen molar-refractivity contribution in [3.05, 3.63) is 0 Å². The van der Waals surface area contributed by atoms with E-state index in [9.17, 15) is 0 Å². The zero-order valence-electron chi connectivity index (χ0n) is 3.19. The molecular formula is C2H8N2S. The van der Waals surface area contributed by atoms with Gasteiger partial charge in [0.2, 0.25) is 0 Å². The third kappa shape index (κ3) is 4.27. The molecule has 0 aromatic heterocycles. The van der Waals surface area contributed by atoms with E-state index in [1.807, 2.05) is 6.92 Å². The van der Waals surface area contributed by atoms with Crippen molar-refractivity contribution in [2.75, 3.05) is 5.75 Å². The predicted octanol–water partition coefficient (Wildman–Crippen LogP) is 0.118. The highest BCUT2D eigenvalue weighted by Gasteiger charge is 1.64. The van der Waals surface area contributed by atoms with Crippen LogP contribution in [0.5, 0.6) is 0 Å². The second-order valence-electron chi connectivity index (χ2n) is 0.551. The smallest absolute Gasteiger partial charge is 0.00624 e. The molecule has 0 aliphatic carbocycles. The molecule has 32 valence electrons. The maximum atomic E-state index is 4.85. The third-order valence-electron chi connectivity index (χ3n) is 0.228. The predicted molar refractivity (Wildman–Crippen MR) is 25.5 cm³/mol. The van der Waals surface area contributed by atoms with E-state index < -0.39 is 0 Å². The molecule has 0 radical (unpaired) electrons. The van der Waals surface area contributed by atoms with Crippen LogP contribution in [0.25, 0.3) is 0 Å². The zero-order chi connectivity index (χ0) is 4.12. The Balaban J connectivity index is 2.19. The number of hydrazine groups is 1. The standard InChI is InChI=1S/C2H8N2S/c1-2-5-4-3/h4H,2-3H2,1H3. The molecular weight excluding hydrogens is 84.1 g/mol. The fourth-order valence-electron chi connectivity index (χ4n) is 0.0833. The van der Waals surface area contributed by atoms with Crippen LogP contribution >= 0.6 is 11.9 Å². The average Bonchev–Trinajstić information content (AvgIpc) is 1.41. The molecule has 0 aromatic rings. The van der Waals surface area contributed by atoms with Gasteiger partial charge in [0, 0.05) is 5.75 Å². The van der Waals surface area contributed by atoms with Crippen molar-refractivity contribution in [1.82, 2.24) is 4.83 Å². The van der Waals surface area contributed by atoms with E-state index in [1.54, 1.807) is 0 Å². The van der Waals surface area contributed by atoms with Crippen LogP contribution in [0.4, 0.5) is 0 Å². The van der Waals surface area contributed by atoms with Crippen LogP contribution in [0.2, 0.25) is 0 Å². The van der Waals surface area contributed by atoms with Gasteiger partial charge in [-0.1, -0.05) is 18.9 Å². The van der Waals surface area contributed by atoms with Gasteiger partial charge in [0.1, 0.15) is 0 Å². The van der Waals surface area contributed by atoms with Gasteiger partial charge in [0.25, 0.3) is 0 Å². The summed E-state index contributed by atoms with van der Waals surface area (Å²) in [5, 5.41) is 0. The lowest BCUT2D eigenvalue weighted by Gasteiger charge is -1.84. The molecule has 0 rings (SSSR count). The average molecular weight is 92.2 g/mol. The molecule has 0 spiro atoms. The number of hydrogen-bond acceptors (Lipinski definition) is 3. The molecule has 0 saturated heterocycles. The quantitative estimate of drug-likeness (QED) is 0.288. The van der Waals surface area contributed by atoms with Crippen molar-refractivity contribution in [2.24, 2.45) is 5.84 Å². The Morgan fingerprint density at radius 1 is 2.00 bits per heavy atom. The summed E-state index contributed by atoms with van der Waals surface area (Å²) in [5.41, 5.74) is 0. The Morgan fingerprint density at radius 2 is 2.60 bits per heavy atom. The van der Waals surface area contributed by atoms with Crippen LogP contribution in [-0.4, -0.2) is 5.75 Å². The second kappa shape index (κ2) is 4.27. The maximum Gasteiger partial charge on any atom is 0.00624 e. The normalized spacial score (nSPS) is 8.40. The van der Waals surface area contributed by atoms with Crippen molar-refractivity contribution < 1.29 is 0 Å². The summed E-state index contributed by atoms with van der Waals surface area (Å²) in [4.78, 5) is 2.43. The van der Waals surface area contributed by atoms with Gasteiger partial charge in [0.05, 0.1) is 0 Å². The summed E-state index contributed by atoms with van der Waals surface area (Å²) in [6, 6.07) is 0. The van der Waals surface area contributed by atoms with Crippen molar-refractivity contribution in [2.45, 2.75) is 6.92 Å². The fourth-order valence-corrected chi connectivity index (χ4v) is 0.250. The molecule has 0 amide bonds. The number of hydrogen-bond donors (Lipinski definition) is 2. The summed E-state index contributed by atoms with van der Waals surface area (Å²) in [5.74, 6) is 5.88. The molecule has 0 aliphatic rings. The highest BCUT2D eigenvalue weighted by Crippen LogP contribution is 1.82. The zero-order valence-corrected chi connectivity index (χ0v) is 4.01. The molecule has 0 atom stereocenters.